The number of hydrogen-bond donors (Lipinski definition) is 1. The van der Waals surface area contributed by atoms with Crippen LogP contribution >= 0.6 is 0 Å². The van der Waals surface area contributed by atoms with Gasteiger partial charge in [0.1, 0.15) is 5.78 Å². The molecule has 0 radical (unpaired) electrons. The quantitative estimate of drug-likeness (QED) is 0.599. The van der Waals surface area contributed by atoms with E-state index in [0.717, 1.165) is 13.0 Å². The van der Waals surface area contributed by atoms with Gasteiger partial charge in [-0.15, -0.1) is 0 Å². The Morgan fingerprint density at radius 1 is 1.42 bits per heavy atom. The standard InChI is InChI=1S/C10H19NO/c1-7(2)11-6-5-10(12)8(3)9(11)4/h7-9H,5-6H2,1-4H3/p+1/t8-,9-/m0/s1. The van der Waals surface area contributed by atoms with Crippen molar-refractivity contribution in [1.29, 1.82) is 0 Å². The number of piperidine rings is 1. The monoisotopic (exact) mass is 170 g/mol. The van der Waals surface area contributed by atoms with Crippen LogP contribution in [0.2, 0.25) is 0 Å². The minimum Gasteiger partial charge on any atom is -0.330 e. The first kappa shape index (κ1) is 9.72. The summed E-state index contributed by atoms with van der Waals surface area (Å²) < 4.78 is 0. The van der Waals surface area contributed by atoms with Gasteiger partial charge in [-0.3, -0.25) is 4.79 Å². The van der Waals surface area contributed by atoms with Crippen LogP contribution in [0.5, 0.6) is 0 Å². The van der Waals surface area contributed by atoms with E-state index < -0.39 is 0 Å². The van der Waals surface area contributed by atoms with Crippen molar-refractivity contribution in [2.45, 2.75) is 46.2 Å². The van der Waals surface area contributed by atoms with E-state index in [-0.39, 0.29) is 5.92 Å². The topological polar surface area (TPSA) is 21.5 Å². The second-order valence-corrected chi connectivity index (χ2v) is 4.27. The molecule has 12 heavy (non-hydrogen) atoms. The molecule has 0 saturated carbocycles. The molecule has 1 saturated heterocycles. The Kier molecular flexibility index (Phi) is 2.89. The molecule has 2 heteroatoms. The molecule has 0 bridgehead atoms. The molecule has 0 spiro atoms. The van der Waals surface area contributed by atoms with Crippen molar-refractivity contribution < 1.29 is 9.69 Å². The van der Waals surface area contributed by atoms with Gasteiger partial charge >= 0.3 is 0 Å². The van der Waals surface area contributed by atoms with Crippen LogP contribution < -0.4 is 4.90 Å². The second kappa shape index (κ2) is 3.56. The van der Waals surface area contributed by atoms with E-state index in [9.17, 15) is 4.79 Å². The molecule has 0 aromatic rings. The summed E-state index contributed by atoms with van der Waals surface area (Å²) in [5.74, 6) is 0.711. The minimum absolute atomic E-state index is 0.260. The Labute approximate surface area is 74.9 Å². The highest BCUT2D eigenvalue weighted by Gasteiger charge is 2.35. The molecule has 0 aliphatic carbocycles. The van der Waals surface area contributed by atoms with Crippen molar-refractivity contribution in [2.75, 3.05) is 6.54 Å². The molecule has 0 aromatic carbocycles. The molecule has 70 valence electrons. The van der Waals surface area contributed by atoms with Crippen molar-refractivity contribution in [3.63, 3.8) is 0 Å². The highest BCUT2D eigenvalue weighted by atomic mass is 16.1. The Morgan fingerprint density at radius 3 is 2.50 bits per heavy atom. The van der Waals surface area contributed by atoms with Crippen LogP contribution in [0.1, 0.15) is 34.1 Å². The van der Waals surface area contributed by atoms with Gasteiger partial charge in [-0.2, -0.15) is 0 Å². The summed E-state index contributed by atoms with van der Waals surface area (Å²) in [5.41, 5.74) is 0. The summed E-state index contributed by atoms with van der Waals surface area (Å²) in [4.78, 5) is 12.9. The predicted octanol–water partition coefficient (Wildman–Crippen LogP) is 0.277. The normalized spacial score (nSPS) is 37.4. The number of rotatable bonds is 1. The molecule has 1 heterocycles. The maximum Gasteiger partial charge on any atom is 0.147 e. The summed E-state index contributed by atoms with van der Waals surface area (Å²) in [6.07, 6.45) is 0.777. The van der Waals surface area contributed by atoms with Gasteiger partial charge in [0.2, 0.25) is 0 Å². The maximum atomic E-state index is 11.4. The van der Waals surface area contributed by atoms with Gasteiger partial charge in [0.15, 0.2) is 0 Å². The average Bonchev–Trinajstić information content (AvgIpc) is 2.00. The maximum absolute atomic E-state index is 11.4. The summed E-state index contributed by atoms with van der Waals surface area (Å²) in [6.45, 7) is 9.75. The molecule has 1 rings (SSSR count). The largest absolute Gasteiger partial charge is 0.330 e. The Morgan fingerprint density at radius 2 is 2.00 bits per heavy atom. The molecule has 3 atom stereocenters. The van der Waals surface area contributed by atoms with Gasteiger partial charge < -0.3 is 4.90 Å². The van der Waals surface area contributed by atoms with Crippen LogP contribution in [0, 0.1) is 5.92 Å². The molecule has 0 amide bonds. The third-order valence-corrected chi connectivity index (χ3v) is 3.24. The number of quaternary nitrogens is 1. The lowest BCUT2D eigenvalue weighted by atomic mass is 9.90. The fourth-order valence-electron chi connectivity index (χ4n) is 2.14. The summed E-state index contributed by atoms with van der Waals surface area (Å²) in [5, 5.41) is 0. The van der Waals surface area contributed by atoms with Gasteiger partial charge in [0.05, 0.1) is 31.0 Å². The zero-order valence-electron chi connectivity index (χ0n) is 8.55. The molecular formula is C10H20NO+. The van der Waals surface area contributed by atoms with Crippen molar-refractivity contribution in [2.24, 2.45) is 5.92 Å². The van der Waals surface area contributed by atoms with E-state index in [0.29, 0.717) is 17.9 Å². The zero-order valence-corrected chi connectivity index (χ0v) is 8.55. The van der Waals surface area contributed by atoms with Crippen LogP contribution in [-0.4, -0.2) is 24.4 Å². The number of carbonyl (C=O) groups is 1. The Bertz CT molecular complexity index is 177. The van der Waals surface area contributed by atoms with Gasteiger partial charge in [-0.1, -0.05) is 0 Å². The molecule has 1 N–H and O–H groups in total. The number of carbonyl (C=O) groups excluding carboxylic acids is 1. The van der Waals surface area contributed by atoms with Crippen LogP contribution in [0.25, 0.3) is 0 Å². The SMILES string of the molecule is CC(C)[NH+]1CCC(=O)[C@@H](C)[C@@H]1C. The van der Waals surface area contributed by atoms with Gasteiger partial charge in [0, 0.05) is 0 Å². The molecular weight excluding hydrogens is 150 g/mol. The number of likely N-dealkylation sites (tertiary alicyclic amines) is 1. The zero-order chi connectivity index (χ0) is 9.30. The molecule has 1 aliphatic heterocycles. The van der Waals surface area contributed by atoms with Crippen LogP contribution in [0.3, 0.4) is 0 Å². The van der Waals surface area contributed by atoms with Crippen molar-refractivity contribution in [1.82, 2.24) is 0 Å². The van der Waals surface area contributed by atoms with Crippen molar-refractivity contribution >= 4 is 5.78 Å². The van der Waals surface area contributed by atoms with E-state index in [1.165, 1.54) is 0 Å². The number of hydrogen-bond acceptors (Lipinski definition) is 1. The fourth-order valence-corrected chi connectivity index (χ4v) is 2.14. The van der Waals surface area contributed by atoms with E-state index in [4.69, 9.17) is 0 Å². The highest BCUT2D eigenvalue weighted by Crippen LogP contribution is 2.08. The number of Topliss-reactive ketones (excluding diaryl/α,β-unsaturated/α-hetero) is 1. The lowest BCUT2D eigenvalue weighted by molar-refractivity contribution is -0.948. The molecule has 1 aliphatic rings. The second-order valence-electron chi connectivity index (χ2n) is 4.27. The molecule has 0 aromatic heterocycles. The first-order valence-electron chi connectivity index (χ1n) is 4.92. The summed E-state index contributed by atoms with van der Waals surface area (Å²) in [6, 6.07) is 1.15. The average molecular weight is 170 g/mol. The van der Waals surface area contributed by atoms with Crippen LogP contribution in [0.4, 0.5) is 0 Å². The third kappa shape index (κ3) is 1.69. The lowest BCUT2D eigenvalue weighted by Crippen LogP contribution is -3.20. The fraction of sp³-hybridized carbons (Fsp3) is 0.900. The summed E-state index contributed by atoms with van der Waals surface area (Å²) in [7, 11) is 0. The van der Waals surface area contributed by atoms with Gasteiger partial charge in [-0.25, -0.2) is 0 Å². The molecule has 2 nitrogen and oxygen atoms in total. The Hall–Kier alpha value is -0.370. The lowest BCUT2D eigenvalue weighted by Gasteiger charge is -2.36. The van der Waals surface area contributed by atoms with Crippen LogP contribution in [-0.2, 0) is 4.79 Å². The van der Waals surface area contributed by atoms with Crippen LogP contribution in [0.15, 0.2) is 0 Å². The minimum atomic E-state index is 0.260. The first-order chi connectivity index (χ1) is 5.54. The molecule has 1 fully saturated rings. The smallest absolute Gasteiger partial charge is 0.147 e. The molecule has 1 unspecified atom stereocenters. The van der Waals surface area contributed by atoms with E-state index in [2.05, 4.69) is 27.7 Å². The Balaban J connectivity index is 2.65. The van der Waals surface area contributed by atoms with Crippen molar-refractivity contribution in [3.05, 3.63) is 0 Å². The third-order valence-electron chi connectivity index (χ3n) is 3.24. The number of nitrogens with one attached hydrogen (secondary N) is 1. The first-order valence-corrected chi connectivity index (χ1v) is 4.92. The highest BCUT2D eigenvalue weighted by molar-refractivity contribution is 5.81. The van der Waals surface area contributed by atoms with Gasteiger partial charge in [-0.05, 0) is 27.7 Å². The predicted molar refractivity (Wildman–Crippen MR) is 49.2 cm³/mol. The summed E-state index contributed by atoms with van der Waals surface area (Å²) >= 11 is 0. The van der Waals surface area contributed by atoms with Gasteiger partial charge in [0.25, 0.3) is 0 Å². The van der Waals surface area contributed by atoms with Crippen molar-refractivity contribution in [3.8, 4) is 0 Å². The number of ketones is 1. The van der Waals surface area contributed by atoms with E-state index in [1.54, 1.807) is 4.90 Å². The van der Waals surface area contributed by atoms with E-state index >= 15 is 0 Å². The van der Waals surface area contributed by atoms with E-state index in [1.807, 2.05) is 0 Å².